The van der Waals surface area contributed by atoms with E-state index in [2.05, 4.69) is 5.32 Å². The fraction of sp³-hybridized carbons (Fsp3) is 0.909. The van der Waals surface area contributed by atoms with E-state index < -0.39 is 10.0 Å². The molecule has 0 aliphatic rings. The predicted octanol–water partition coefficient (Wildman–Crippen LogP) is 0.964. The third-order valence-electron chi connectivity index (χ3n) is 2.38. The van der Waals surface area contributed by atoms with Gasteiger partial charge in [0.2, 0.25) is 15.9 Å². The van der Waals surface area contributed by atoms with Crippen molar-refractivity contribution in [3.05, 3.63) is 0 Å². The van der Waals surface area contributed by atoms with E-state index in [-0.39, 0.29) is 5.91 Å². The molecule has 0 saturated carbocycles. The van der Waals surface area contributed by atoms with Crippen LogP contribution in [0.25, 0.3) is 0 Å². The summed E-state index contributed by atoms with van der Waals surface area (Å²) in [5.74, 6) is -0.00296. The topological polar surface area (TPSA) is 66.5 Å². The van der Waals surface area contributed by atoms with Gasteiger partial charge in [0.15, 0.2) is 0 Å². The number of hydrogen-bond acceptors (Lipinski definition) is 3. The third kappa shape index (κ3) is 8.15. The number of hydrogen-bond donors (Lipinski definition) is 1. The molecule has 0 fully saturated rings. The summed E-state index contributed by atoms with van der Waals surface area (Å²) in [6.45, 7) is 5.20. The first-order valence-corrected chi connectivity index (χ1v) is 7.98. The molecule has 0 aliphatic carbocycles. The van der Waals surface area contributed by atoms with Crippen molar-refractivity contribution in [2.75, 3.05) is 25.9 Å². The number of nitrogens with one attached hydrogen (secondary N) is 1. The minimum absolute atomic E-state index is 0.00296. The van der Waals surface area contributed by atoms with E-state index in [4.69, 9.17) is 0 Å². The summed E-state index contributed by atoms with van der Waals surface area (Å²) in [4.78, 5) is 11.3. The lowest BCUT2D eigenvalue weighted by Crippen LogP contribution is -2.38. The largest absolute Gasteiger partial charge is 0.355 e. The normalized spacial score (nSPS) is 11.8. The Morgan fingerprint density at radius 1 is 1.18 bits per heavy atom. The maximum Gasteiger partial charge on any atom is 0.220 e. The van der Waals surface area contributed by atoms with Gasteiger partial charge in [-0.3, -0.25) is 4.79 Å². The number of carbonyl (C=O) groups excluding carboxylic acids is 1. The lowest BCUT2D eigenvalue weighted by atomic mass is 10.2. The third-order valence-corrected chi connectivity index (χ3v) is 3.69. The first-order chi connectivity index (χ1) is 7.91. The summed E-state index contributed by atoms with van der Waals surface area (Å²) in [6.07, 6.45) is 4.34. The highest BCUT2D eigenvalue weighted by Gasteiger charge is 2.14. The summed E-state index contributed by atoms with van der Waals surface area (Å²) in [6, 6.07) is 0. The van der Waals surface area contributed by atoms with Crippen LogP contribution < -0.4 is 5.32 Å². The van der Waals surface area contributed by atoms with Gasteiger partial charge in [-0.15, -0.1) is 0 Å². The maximum atomic E-state index is 11.4. The van der Waals surface area contributed by atoms with Gasteiger partial charge in [-0.2, -0.15) is 0 Å². The molecular formula is C11H24N2O3S. The number of rotatable bonds is 9. The van der Waals surface area contributed by atoms with Crippen LogP contribution in [-0.2, 0) is 14.8 Å². The Labute approximate surface area is 105 Å². The molecular weight excluding hydrogens is 240 g/mol. The first kappa shape index (κ1) is 16.4. The van der Waals surface area contributed by atoms with E-state index in [1.807, 2.05) is 13.8 Å². The van der Waals surface area contributed by atoms with Gasteiger partial charge in [-0.1, -0.05) is 20.3 Å². The number of amides is 1. The lowest BCUT2D eigenvalue weighted by Gasteiger charge is -2.19. The van der Waals surface area contributed by atoms with E-state index in [0.717, 1.165) is 19.3 Å². The van der Waals surface area contributed by atoms with Crippen molar-refractivity contribution in [3.63, 3.8) is 0 Å². The van der Waals surface area contributed by atoms with E-state index in [1.165, 1.54) is 10.6 Å². The van der Waals surface area contributed by atoms with Crippen LogP contribution in [0, 0.1) is 0 Å². The van der Waals surface area contributed by atoms with E-state index in [1.54, 1.807) is 0 Å². The van der Waals surface area contributed by atoms with Crippen molar-refractivity contribution < 1.29 is 13.2 Å². The predicted molar refractivity (Wildman–Crippen MR) is 69.2 cm³/mol. The molecule has 0 heterocycles. The second kappa shape index (κ2) is 8.47. The zero-order chi connectivity index (χ0) is 13.3. The van der Waals surface area contributed by atoms with Crippen LogP contribution in [0.5, 0.6) is 0 Å². The van der Waals surface area contributed by atoms with Crippen molar-refractivity contribution in [3.8, 4) is 0 Å². The first-order valence-electron chi connectivity index (χ1n) is 6.13. The number of carbonyl (C=O) groups is 1. The molecule has 0 aromatic heterocycles. The summed E-state index contributed by atoms with van der Waals surface area (Å²) in [5.41, 5.74) is 0. The Morgan fingerprint density at radius 3 is 2.29 bits per heavy atom. The van der Waals surface area contributed by atoms with Crippen molar-refractivity contribution in [2.45, 2.75) is 39.5 Å². The Morgan fingerprint density at radius 2 is 1.82 bits per heavy atom. The van der Waals surface area contributed by atoms with Gasteiger partial charge in [-0.25, -0.2) is 12.7 Å². The Kier molecular flexibility index (Phi) is 8.16. The van der Waals surface area contributed by atoms with E-state index in [9.17, 15) is 13.2 Å². The van der Waals surface area contributed by atoms with Crippen molar-refractivity contribution in [1.82, 2.24) is 9.62 Å². The Bertz CT molecular complexity index is 315. The van der Waals surface area contributed by atoms with Gasteiger partial charge in [0.1, 0.15) is 0 Å². The van der Waals surface area contributed by atoms with Crippen LogP contribution >= 0.6 is 0 Å². The number of unbranched alkanes of at least 4 members (excludes halogenated alkanes) is 1. The average Bonchev–Trinajstić information content (AvgIpc) is 2.23. The monoisotopic (exact) mass is 264 g/mol. The Balaban J connectivity index is 3.95. The van der Waals surface area contributed by atoms with Crippen LogP contribution in [0.1, 0.15) is 39.5 Å². The molecule has 0 unspecified atom stereocenters. The minimum atomic E-state index is -3.16. The van der Waals surface area contributed by atoms with Crippen LogP contribution in [0.3, 0.4) is 0 Å². The molecule has 0 saturated heterocycles. The molecule has 0 aliphatic heterocycles. The van der Waals surface area contributed by atoms with Crippen LogP contribution in [0.2, 0.25) is 0 Å². The molecule has 1 N–H and O–H groups in total. The molecule has 0 atom stereocenters. The number of sulfonamides is 1. The molecule has 0 rings (SSSR count). The molecule has 0 spiro atoms. The van der Waals surface area contributed by atoms with Gasteiger partial charge < -0.3 is 5.32 Å². The quantitative estimate of drug-likeness (QED) is 0.674. The highest BCUT2D eigenvalue weighted by Crippen LogP contribution is 1.98. The minimum Gasteiger partial charge on any atom is -0.355 e. The van der Waals surface area contributed by atoms with Crippen LogP contribution in [0.15, 0.2) is 0 Å². The van der Waals surface area contributed by atoms with Gasteiger partial charge >= 0.3 is 0 Å². The molecule has 102 valence electrons. The van der Waals surface area contributed by atoms with E-state index >= 15 is 0 Å². The Hall–Kier alpha value is -0.620. The molecule has 0 aromatic carbocycles. The molecule has 17 heavy (non-hydrogen) atoms. The average molecular weight is 264 g/mol. The van der Waals surface area contributed by atoms with Crippen molar-refractivity contribution in [2.24, 2.45) is 0 Å². The molecule has 1 amide bonds. The molecule has 0 radical (unpaired) electrons. The summed E-state index contributed by atoms with van der Waals surface area (Å²) >= 11 is 0. The second-order valence-corrected chi connectivity index (χ2v) is 6.10. The molecule has 0 bridgehead atoms. The second-order valence-electron chi connectivity index (χ2n) is 4.12. The lowest BCUT2D eigenvalue weighted by molar-refractivity contribution is -0.121. The SMILES string of the molecule is CCCCC(=O)NCCN(CCC)S(C)(=O)=O. The van der Waals surface area contributed by atoms with Crippen molar-refractivity contribution in [1.29, 1.82) is 0 Å². The highest BCUT2D eigenvalue weighted by atomic mass is 32.2. The van der Waals surface area contributed by atoms with Crippen LogP contribution in [-0.4, -0.2) is 44.5 Å². The smallest absolute Gasteiger partial charge is 0.220 e. The van der Waals surface area contributed by atoms with Gasteiger partial charge in [0.25, 0.3) is 0 Å². The van der Waals surface area contributed by atoms with Gasteiger partial charge in [-0.05, 0) is 12.8 Å². The summed E-state index contributed by atoms with van der Waals surface area (Å²) in [7, 11) is -3.16. The van der Waals surface area contributed by atoms with Gasteiger partial charge in [0.05, 0.1) is 6.26 Å². The van der Waals surface area contributed by atoms with E-state index in [0.29, 0.717) is 26.1 Å². The highest BCUT2D eigenvalue weighted by molar-refractivity contribution is 7.88. The molecule has 0 aromatic rings. The van der Waals surface area contributed by atoms with Crippen molar-refractivity contribution >= 4 is 15.9 Å². The molecule has 6 heteroatoms. The zero-order valence-electron chi connectivity index (χ0n) is 11.0. The van der Waals surface area contributed by atoms with Crippen LogP contribution in [0.4, 0.5) is 0 Å². The number of nitrogens with zero attached hydrogens (tertiary/aromatic N) is 1. The zero-order valence-corrected chi connectivity index (χ0v) is 11.8. The summed E-state index contributed by atoms with van der Waals surface area (Å²) < 4.78 is 24.2. The fourth-order valence-electron chi connectivity index (χ4n) is 1.44. The maximum absolute atomic E-state index is 11.4. The van der Waals surface area contributed by atoms with Gasteiger partial charge in [0, 0.05) is 26.1 Å². The molecule has 5 nitrogen and oxygen atoms in total. The standard InChI is InChI=1S/C11H24N2O3S/c1-4-6-7-11(14)12-8-10-13(9-5-2)17(3,15)16/h4-10H2,1-3H3,(H,12,14). The summed E-state index contributed by atoms with van der Waals surface area (Å²) in [5, 5.41) is 2.73. The fourth-order valence-corrected chi connectivity index (χ4v) is 2.38.